The molecule has 0 saturated carbocycles. The van der Waals surface area contributed by atoms with Crippen molar-refractivity contribution in [2.24, 2.45) is 0 Å². The van der Waals surface area contributed by atoms with E-state index in [1.54, 1.807) is 12.1 Å². The van der Waals surface area contributed by atoms with Crippen LogP contribution < -0.4 is 14.8 Å². The molecule has 2 aromatic rings. The van der Waals surface area contributed by atoms with Gasteiger partial charge in [0.05, 0.1) is 19.2 Å². The Bertz CT molecular complexity index is 893. The van der Waals surface area contributed by atoms with E-state index in [-0.39, 0.29) is 5.91 Å². The van der Waals surface area contributed by atoms with E-state index < -0.39 is 12.1 Å². The van der Waals surface area contributed by atoms with Gasteiger partial charge in [-0.15, -0.1) is 0 Å². The standard InChI is InChI=1S/C22H24ClNO5/c1-14-5-7-16(8-6-14)13-24-22(26)15(2)29-20(25)10-9-17-11-18(23)21(28-4)19(12-17)27-3/h5-12,15H,13H2,1-4H3,(H,24,26)/b10-9+/t15-/m0/s1. The second-order valence-corrected chi connectivity index (χ2v) is 6.76. The molecule has 0 aromatic heterocycles. The number of esters is 1. The number of nitrogens with one attached hydrogen (secondary N) is 1. The molecule has 0 aliphatic carbocycles. The van der Waals surface area contributed by atoms with Gasteiger partial charge in [0.2, 0.25) is 0 Å². The summed E-state index contributed by atoms with van der Waals surface area (Å²) in [6.07, 6.45) is 1.82. The van der Waals surface area contributed by atoms with E-state index in [9.17, 15) is 9.59 Å². The zero-order valence-corrected chi connectivity index (χ0v) is 17.6. The van der Waals surface area contributed by atoms with Crippen LogP contribution in [0.3, 0.4) is 0 Å². The maximum Gasteiger partial charge on any atom is 0.331 e. The summed E-state index contributed by atoms with van der Waals surface area (Å²) >= 11 is 6.14. The summed E-state index contributed by atoms with van der Waals surface area (Å²) in [7, 11) is 2.98. The van der Waals surface area contributed by atoms with Crippen LogP contribution >= 0.6 is 11.6 Å². The van der Waals surface area contributed by atoms with Gasteiger partial charge in [0.15, 0.2) is 17.6 Å². The minimum Gasteiger partial charge on any atom is -0.493 e. The molecule has 29 heavy (non-hydrogen) atoms. The molecule has 0 spiro atoms. The van der Waals surface area contributed by atoms with E-state index in [2.05, 4.69) is 5.32 Å². The molecule has 6 nitrogen and oxygen atoms in total. The van der Waals surface area contributed by atoms with E-state index in [1.807, 2.05) is 31.2 Å². The van der Waals surface area contributed by atoms with Crippen LogP contribution in [-0.4, -0.2) is 32.2 Å². The minimum atomic E-state index is -0.924. The number of amides is 1. The first kappa shape index (κ1) is 22.3. The van der Waals surface area contributed by atoms with Crippen molar-refractivity contribution in [1.29, 1.82) is 0 Å². The summed E-state index contributed by atoms with van der Waals surface area (Å²) < 4.78 is 15.5. The number of carbonyl (C=O) groups is 2. The third-order valence-electron chi connectivity index (χ3n) is 4.12. The zero-order valence-electron chi connectivity index (χ0n) is 16.8. The van der Waals surface area contributed by atoms with Gasteiger partial charge in [-0.2, -0.15) is 0 Å². The molecule has 0 aliphatic heterocycles. The number of aryl methyl sites for hydroxylation is 1. The average Bonchev–Trinajstić information content (AvgIpc) is 2.71. The lowest BCUT2D eigenvalue weighted by Gasteiger charge is -2.12. The molecule has 0 aliphatic rings. The van der Waals surface area contributed by atoms with Crippen LogP contribution in [0.1, 0.15) is 23.6 Å². The third kappa shape index (κ3) is 6.54. The highest BCUT2D eigenvalue weighted by molar-refractivity contribution is 6.32. The highest BCUT2D eigenvalue weighted by atomic mass is 35.5. The van der Waals surface area contributed by atoms with E-state index in [0.717, 1.165) is 11.1 Å². The van der Waals surface area contributed by atoms with E-state index in [1.165, 1.54) is 33.3 Å². The van der Waals surface area contributed by atoms with Crippen molar-refractivity contribution in [3.8, 4) is 11.5 Å². The molecule has 154 valence electrons. The molecule has 0 radical (unpaired) electrons. The van der Waals surface area contributed by atoms with Gasteiger partial charge < -0.3 is 19.5 Å². The van der Waals surface area contributed by atoms with Crippen molar-refractivity contribution in [1.82, 2.24) is 5.32 Å². The summed E-state index contributed by atoms with van der Waals surface area (Å²) in [6.45, 7) is 3.87. The highest BCUT2D eigenvalue weighted by Crippen LogP contribution is 2.36. The molecule has 2 rings (SSSR count). The fraction of sp³-hybridized carbons (Fsp3) is 0.273. The Balaban J connectivity index is 1.91. The first-order chi connectivity index (χ1) is 13.8. The van der Waals surface area contributed by atoms with Crippen molar-refractivity contribution in [3.05, 3.63) is 64.2 Å². The van der Waals surface area contributed by atoms with Crippen molar-refractivity contribution < 1.29 is 23.8 Å². The smallest absolute Gasteiger partial charge is 0.331 e. The van der Waals surface area contributed by atoms with Crippen LogP contribution in [0, 0.1) is 6.92 Å². The summed E-state index contributed by atoms with van der Waals surface area (Å²) in [4.78, 5) is 24.2. The van der Waals surface area contributed by atoms with E-state index in [0.29, 0.717) is 28.6 Å². The van der Waals surface area contributed by atoms with Crippen LogP contribution in [0.15, 0.2) is 42.5 Å². The molecule has 0 heterocycles. The van der Waals surface area contributed by atoms with Crippen LogP contribution in [0.5, 0.6) is 11.5 Å². The van der Waals surface area contributed by atoms with Gasteiger partial charge in [-0.25, -0.2) is 4.79 Å². The summed E-state index contributed by atoms with van der Waals surface area (Å²) in [5, 5.41) is 3.10. The van der Waals surface area contributed by atoms with Crippen LogP contribution in [0.25, 0.3) is 6.08 Å². The summed E-state index contributed by atoms with van der Waals surface area (Å²) in [6, 6.07) is 11.1. The monoisotopic (exact) mass is 417 g/mol. The Morgan fingerprint density at radius 1 is 1.14 bits per heavy atom. The van der Waals surface area contributed by atoms with Crippen molar-refractivity contribution in [2.45, 2.75) is 26.5 Å². The van der Waals surface area contributed by atoms with Crippen LogP contribution in [0.2, 0.25) is 5.02 Å². The molecule has 1 atom stereocenters. The normalized spacial score (nSPS) is 11.8. The summed E-state index contributed by atoms with van der Waals surface area (Å²) in [5.41, 5.74) is 2.73. The second-order valence-electron chi connectivity index (χ2n) is 6.35. The largest absolute Gasteiger partial charge is 0.493 e. The molecule has 0 unspecified atom stereocenters. The van der Waals surface area contributed by atoms with Gasteiger partial charge in [-0.3, -0.25) is 4.79 Å². The first-order valence-corrected chi connectivity index (χ1v) is 9.35. The number of benzene rings is 2. The van der Waals surface area contributed by atoms with E-state index >= 15 is 0 Å². The molecule has 0 saturated heterocycles. The Hall–Kier alpha value is -2.99. The number of rotatable bonds is 8. The lowest BCUT2D eigenvalue weighted by molar-refractivity contribution is -0.150. The van der Waals surface area contributed by atoms with Gasteiger partial charge in [0.25, 0.3) is 5.91 Å². The van der Waals surface area contributed by atoms with Gasteiger partial charge >= 0.3 is 5.97 Å². The van der Waals surface area contributed by atoms with Gasteiger partial charge in [-0.05, 0) is 43.2 Å². The van der Waals surface area contributed by atoms with Crippen molar-refractivity contribution >= 4 is 29.6 Å². The van der Waals surface area contributed by atoms with Gasteiger partial charge in [0.1, 0.15) is 0 Å². The van der Waals surface area contributed by atoms with Gasteiger partial charge in [0, 0.05) is 12.6 Å². The number of ether oxygens (including phenoxy) is 3. The molecule has 1 N–H and O–H groups in total. The minimum absolute atomic E-state index is 0.351. The number of halogens is 1. The Morgan fingerprint density at radius 2 is 1.83 bits per heavy atom. The lowest BCUT2D eigenvalue weighted by Crippen LogP contribution is -2.35. The van der Waals surface area contributed by atoms with Crippen LogP contribution in [0.4, 0.5) is 0 Å². The fourth-order valence-electron chi connectivity index (χ4n) is 2.50. The molecule has 7 heteroatoms. The number of hydrogen-bond donors (Lipinski definition) is 1. The summed E-state index contributed by atoms with van der Waals surface area (Å²) in [5.74, 6) is -0.167. The zero-order chi connectivity index (χ0) is 21.4. The molecule has 0 bridgehead atoms. The highest BCUT2D eigenvalue weighted by Gasteiger charge is 2.16. The second kappa shape index (κ2) is 10.5. The third-order valence-corrected chi connectivity index (χ3v) is 4.40. The van der Waals surface area contributed by atoms with Crippen molar-refractivity contribution in [2.75, 3.05) is 14.2 Å². The Labute approximate surface area is 175 Å². The number of hydrogen-bond acceptors (Lipinski definition) is 5. The molecule has 1 amide bonds. The van der Waals surface area contributed by atoms with Crippen molar-refractivity contribution in [3.63, 3.8) is 0 Å². The topological polar surface area (TPSA) is 73.9 Å². The fourth-order valence-corrected chi connectivity index (χ4v) is 2.80. The number of methoxy groups -OCH3 is 2. The number of carbonyl (C=O) groups excluding carboxylic acids is 2. The Kier molecular flexibility index (Phi) is 8.09. The predicted molar refractivity (Wildman–Crippen MR) is 112 cm³/mol. The molecular weight excluding hydrogens is 394 g/mol. The molecule has 0 fully saturated rings. The maximum absolute atomic E-state index is 12.1. The maximum atomic E-state index is 12.1. The first-order valence-electron chi connectivity index (χ1n) is 8.97. The Morgan fingerprint density at radius 3 is 2.45 bits per heavy atom. The average molecular weight is 418 g/mol. The van der Waals surface area contributed by atoms with E-state index in [4.69, 9.17) is 25.8 Å². The lowest BCUT2D eigenvalue weighted by atomic mass is 10.1. The molecule has 2 aromatic carbocycles. The van der Waals surface area contributed by atoms with Crippen LogP contribution in [-0.2, 0) is 20.9 Å². The predicted octanol–water partition coefficient (Wildman–Crippen LogP) is 3.93. The molecular formula is C22H24ClNO5. The SMILES string of the molecule is COc1cc(/C=C/C(=O)O[C@@H](C)C(=O)NCc2ccc(C)cc2)cc(Cl)c1OC. The van der Waals surface area contributed by atoms with Gasteiger partial charge in [-0.1, -0.05) is 41.4 Å². The quantitative estimate of drug-likeness (QED) is 0.520.